The molecule has 2 N–H and O–H groups in total. The fourth-order valence-electron chi connectivity index (χ4n) is 3.99. The Bertz CT molecular complexity index is 1040. The van der Waals surface area contributed by atoms with Crippen molar-refractivity contribution in [2.45, 2.75) is 51.2 Å². The van der Waals surface area contributed by atoms with Crippen LogP contribution >= 0.6 is 0 Å². The summed E-state index contributed by atoms with van der Waals surface area (Å²) < 4.78 is 55.3. The summed E-state index contributed by atoms with van der Waals surface area (Å²) >= 11 is 0. The summed E-state index contributed by atoms with van der Waals surface area (Å²) in [5.74, 6) is 0. The summed E-state index contributed by atoms with van der Waals surface area (Å²) in [6.07, 6.45) is -3.65. The molecule has 0 unspecified atom stereocenters. The predicted molar refractivity (Wildman–Crippen MR) is 121 cm³/mol. The highest BCUT2D eigenvalue weighted by Gasteiger charge is 2.35. The van der Waals surface area contributed by atoms with Gasteiger partial charge in [0.15, 0.2) is 0 Å². The lowest BCUT2D eigenvalue weighted by atomic mass is 9.97. The molecule has 1 aliphatic heterocycles. The van der Waals surface area contributed by atoms with Gasteiger partial charge in [-0.1, -0.05) is 18.7 Å². The maximum Gasteiger partial charge on any atom is 0.417 e. The van der Waals surface area contributed by atoms with Gasteiger partial charge in [0, 0.05) is 29.5 Å². The number of piperidine rings is 1. The first-order valence-electron chi connectivity index (χ1n) is 10.5. The first-order valence-corrected chi connectivity index (χ1v) is 10.5. The van der Waals surface area contributed by atoms with E-state index >= 15 is 0 Å². The van der Waals surface area contributed by atoms with E-state index in [4.69, 9.17) is 0 Å². The number of anilines is 1. The highest BCUT2D eigenvalue weighted by Crippen LogP contribution is 2.38. The molecule has 4 nitrogen and oxygen atoms in total. The molecular weight excluding hydrogens is 422 g/mol. The van der Waals surface area contributed by atoms with E-state index in [0.29, 0.717) is 29.6 Å². The quantitative estimate of drug-likeness (QED) is 0.595. The van der Waals surface area contributed by atoms with Crippen LogP contribution in [-0.4, -0.2) is 59.1 Å². The normalized spacial score (nSPS) is 21.1. The van der Waals surface area contributed by atoms with E-state index in [0.717, 1.165) is 6.54 Å². The maximum absolute atomic E-state index is 14.6. The third-order valence-corrected chi connectivity index (χ3v) is 5.56. The number of aromatic nitrogens is 1. The Balaban J connectivity index is 2.17. The number of pyridine rings is 1. The minimum absolute atomic E-state index is 0.278. The Hall–Kier alpha value is -2.45. The van der Waals surface area contributed by atoms with Crippen molar-refractivity contribution < 1.29 is 22.7 Å². The second kappa shape index (κ2) is 8.83. The smallest absolute Gasteiger partial charge is 0.386 e. The van der Waals surface area contributed by atoms with Crippen LogP contribution in [0.15, 0.2) is 36.9 Å². The molecule has 1 fully saturated rings. The van der Waals surface area contributed by atoms with Crippen molar-refractivity contribution in [3.05, 3.63) is 48.3 Å². The van der Waals surface area contributed by atoms with Crippen LogP contribution in [0, 0.1) is 0 Å². The van der Waals surface area contributed by atoms with Gasteiger partial charge in [-0.15, -0.1) is 0 Å². The van der Waals surface area contributed by atoms with Gasteiger partial charge in [-0.25, -0.2) is 9.37 Å². The topological polar surface area (TPSA) is 48.4 Å². The number of fused-ring (bicyclic) bond motifs is 1. The summed E-state index contributed by atoms with van der Waals surface area (Å²) in [7, 11) is 1.85. The molecule has 0 bridgehead atoms. The number of aliphatic hydroxyl groups is 1. The lowest BCUT2D eigenvalue weighted by Crippen LogP contribution is -2.46. The minimum Gasteiger partial charge on any atom is -0.386 e. The van der Waals surface area contributed by atoms with Crippen LogP contribution < -0.4 is 5.32 Å². The van der Waals surface area contributed by atoms with Gasteiger partial charge in [0.2, 0.25) is 0 Å². The van der Waals surface area contributed by atoms with Crippen LogP contribution in [0.1, 0.15) is 38.6 Å². The monoisotopic (exact) mass is 451 g/mol. The lowest BCUT2D eigenvalue weighted by Gasteiger charge is -2.33. The van der Waals surface area contributed by atoms with E-state index in [1.165, 1.54) is 6.08 Å². The van der Waals surface area contributed by atoms with Crippen LogP contribution in [0.2, 0.25) is 0 Å². The van der Waals surface area contributed by atoms with Crippen molar-refractivity contribution in [1.29, 1.82) is 0 Å². The zero-order valence-electron chi connectivity index (χ0n) is 18.7. The first-order chi connectivity index (χ1) is 14.8. The van der Waals surface area contributed by atoms with E-state index in [9.17, 15) is 22.7 Å². The third kappa shape index (κ3) is 5.48. The van der Waals surface area contributed by atoms with Crippen molar-refractivity contribution in [3.63, 3.8) is 0 Å². The molecule has 1 aliphatic rings. The molecule has 0 saturated carbocycles. The second-order valence-corrected chi connectivity index (χ2v) is 9.03. The van der Waals surface area contributed by atoms with Gasteiger partial charge in [-0.3, -0.25) is 0 Å². The number of rotatable bonds is 5. The molecule has 8 heteroatoms. The van der Waals surface area contributed by atoms with Gasteiger partial charge >= 0.3 is 6.18 Å². The number of alkyl halides is 4. The minimum atomic E-state index is -4.66. The second-order valence-electron chi connectivity index (χ2n) is 9.03. The lowest BCUT2D eigenvalue weighted by molar-refractivity contribution is -0.0688. The molecule has 1 saturated heterocycles. The fraction of sp³-hybridized carbons (Fsp3) is 0.458. The van der Waals surface area contributed by atoms with Crippen molar-refractivity contribution >= 4 is 27.6 Å². The van der Waals surface area contributed by atoms with E-state index in [-0.39, 0.29) is 16.8 Å². The van der Waals surface area contributed by atoms with Crippen molar-refractivity contribution in [2.75, 3.05) is 25.5 Å². The maximum atomic E-state index is 14.6. The molecule has 3 rings (SSSR count). The zero-order valence-corrected chi connectivity index (χ0v) is 18.7. The Morgan fingerprint density at radius 2 is 1.97 bits per heavy atom. The average Bonchev–Trinajstić information content (AvgIpc) is 2.67. The third-order valence-electron chi connectivity index (χ3n) is 5.56. The molecule has 2 heterocycles. The zero-order chi connectivity index (χ0) is 23.8. The van der Waals surface area contributed by atoms with Gasteiger partial charge in [-0.05, 0) is 58.0 Å². The van der Waals surface area contributed by atoms with Gasteiger partial charge in [0.05, 0.1) is 28.6 Å². The summed E-state index contributed by atoms with van der Waals surface area (Å²) in [5.41, 5.74) is -1.16. The number of benzene rings is 1. The number of hydrogen-bond donors (Lipinski definition) is 2. The number of halogens is 4. The highest BCUT2D eigenvalue weighted by molar-refractivity contribution is 6.01. The molecule has 0 amide bonds. The first kappa shape index (κ1) is 24.2. The molecule has 174 valence electrons. The summed E-state index contributed by atoms with van der Waals surface area (Å²) in [6.45, 7) is 9.08. The summed E-state index contributed by atoms with van der Waals surface area (Å²) in [6, 6.07) is 6.13. The number of allylic oxidation sites excluding steroid dienone is 2. The summed E-state index contributed by atoms with van der Waals surface area (Å²) in [4.78, 5) is 6.16. The molecule has 32 heavy (non-hydrogen) atoms. The molecule has 0 radical (unpaired) electrons. The number of nitrogens with zero attached hydrogens (tertiary/aromatic N) is 2. The van der Waals surface area contributed by atoms with Crippen LogP contribution in [0.5, 0.6) is 0 Å². The van der Waals surface area contributed by atoms with Crippen LogP contribution in [0.25, 0.3) is 21.9 Å². The van der Waals surface area contributed by atoms with E-state index in [1.807, 2.05) is 11.9 Å². The van der Waals surface area contributed by atoms with Gasteiger partial charge < -0.3 is 15.3 Å². The highest BCUT2D eigenvalue weighted by atomic mass is 19.4. The summed E-state index contributed by atoms with van der Waals surface area (Å²) in [5, 5.41) is 14.1. The number of hydrogen-bond acceptors (Lipinski definition) is 4. The molecule has 1 aromatic heterocycles. The van der Waals surface area contributed by atoms with Crippen LogP contribution in [-0.2, 0) is 0 Å². The van der Waals surface area contributed by atoms with Gasteiger partial charge in [-0.2, -0.15) is 13.2 Å². The van der Waals surface area contributed by atoms with Crippen molar-refractivity contribution in [2.24, 2.45) is 0 Å². The molecular formula is C24H29F4N3O. The Morgan fingerprint density at radius 3 is 2.56 bits per heavy atom. The van der Waals surface area contributed by atoms with E-state index in [1.54, 1.807) is 45.0 Å². The number of likely N-dealkylation sites (tertiary alicyclic amines) is 1. The van der Waals surface area contributed by atoms with Crippen LogP contribution in [0.3, 0.4) is 0 Å². The Labute approximate surface area is 185 Å². The van der Waals surface area contributed by atoms with Crippen LogP contribution in [0.4, 0.5) is 23.2 Å². The molecule has 2 atom stereocenters. The molecule has 0 spiro atoms. The van der Waals surface area contributed by atoms with E-state index < -0.39 is 29.6 Å². The average molecular weight is 452 g/mol. The largest absolute Gasteiger partial charge is 0.417 e. The van der Waals surface area contributed by atoms with Crippen molar-refractivity contribution in [1.82, 2.24) is 9.88 Å². The molecule has 2 aromatic rings. The van der Waals surface area contributed by atoms with Gasteiger partial charge in [0.1, 0.15) is 6.17 Å². The van der Waals surface area contributed by atoms with Crippen molar-refractivity contribution in [3.8, 4) is 0 Å². The molecule has 0 aliphatic carbocycles. The Kier molecular flexibility index (Phi) is 6.67. The SMILES string of the molecule is C=C(c1nc(/C(C)=C\C(C)(C)O)cc2c(N[C@@H]3CCN(C)C[C@@H]3F)cccc12)C(F)(F)F. The Morgan fingerprint density at radius 1 is 1.28 bits per heavy atom. The number of nitrogens with one attached hydrogen (secondary N) is 1. The standard InChI is InChI=1S/C24H29F4N3O/c1-14(12-23(3,4)32)21-11-17-16(22(30-21)15(2)24(26,27)28)7-6-8-19(17)29-20-9-10-31(5)13-18(20)25/h6-8,11-12,18,20,29,32H,2,9-10,13H2,1,3-5H3/b14-12-/t18-,20+/m0/s1. The predicted octanol–water partition coefficient (Wildman–Crippen LogP) is 5.44. The van der Waals surface area contributed by atoms with Gasteiger partial charge in [0.25, 0.3) is 0 Å². The fourth-order valence-corrected chi connectivity index (χ4v) is 3.99. The molecule has 1 aromatic carbocycles. The van der Waals surface area contributed by atoms with E-state index in [2.05, 4.69) is 16.9 Å².